The Morgan fingerprint density at radius 3 is 2.58 bits per heavy atom. The van der Waals surface area contributed by atoms with Gasteiger partial charge in [-0.1, -0.05) is 11.6 Å². The van der Waals surface area contributed by atoms with Crippen molar-refractivity contribution in [3.05, 3.63) is 71.0 Å². The molecular formula is C30H31ClFN5O6. The van der Waals surface area contributed by atoms with Crippen LogP contribution in [0.15, 0.2) is 52.7 Å². The lowest BCUT2D eigenvalue weighted by atomic mass is 9.99. The highest BCUT2D eigenvalue weighted by Crippen LogP contribution is 2.38. The van der Waals surface area contributed by atoms with Crippen molar-refractivity contribution < 1.29 is 32.7 Å². The number of nitrogens with one attached hydrogen (secondary N) is 3. The van der Waals surface area contributed by atoms with Crippen LogP contribution in [0.1, 0.15) is 21.7 Å². The summed E-state index contributed by atoms with van der Waals surface area (Å²) >= 11 is 5.62. The molecule has 226 valence electrons. The minimum Gasteiger partial charge on any atom is -0.496 e. The number of ketones is 1. The molecule has 0 saturated carbocycles. The van der Waals surface area contributed by atoms with Gasteiger partial charge in [-0.15, -0.1) is 0 Å². The van der Waals surface area contributed by atoms with Crippen molar-refractivity contribution in [1.29, 1.82) is 0 Å². The Hall–Kier alpha value is -4.68. The van der Waals surface area contributed by atoms with E-state index in [1.54, 1.807) is 20.0 Å². The molecule has 0 bridgehead atoms. The fourth-order valence-corrected chi connectivity index (χ4v) is 4.98. The number of hydrogen-bond donors (Lipinski definition) is 3. The fourth-order valence-electron chi connectivity index (χ4n) is 4.93. The number of furan rings is 1. The standard InChI is InChI=1S/C30H31ClFN5O6/c1-17-22(39-3)15-23(40-4)27(32)26(17)29(38)30-28(33-2)19-14-25(34-16-24(19)43-30)35-20-6-5-18(37-8-11-41-12-9-37)13-21(20)36-42-10-7-31/h5-7,10,13-16,33,36H,8-9,11-12H2,1-4H3,(H,34,35)/b10-7-. The summed E-state index contributed by atoms with van der Waals surface area (Å²) in [5.41, 5.74) is 7.25. The highest BCUT2D eigenvalue weighted by Gasteiger charge is 2.29. The maximum Gasteiger partial charge on any atom is 0.233 e. The first-order valence-electron chi connectivity index (χ1n) is 13.4. The van der Waals surface area contributed by atoms with Gasteiger partial charge < -0.3 is 39.0 Å². The third kappa shape index (κ3) is 5.97. The molecule has 11 nitrogen and oxygen atoms in total. The molecule has 0 atom stereocenters. The van der Waals surface area contributed by atoms with Crippen LogP contribution in [0.2, 0.25) is 0 Å². The van der Waals surface area contributed by atoms with Crippen molar-refractivity contribution in [2.45, 2.75) is 6.92 Å². The molecule has 5 rings (SSSR count). The first kappa shape index (κ1) is 29.8. The summed E-state index contributed by atoms with van der Waals surface area (Å²) in [6.07, 6.45) is 2.80. The number of methoxy groups -OCH3 is 2. The Kier molecular flexibility index (Phi) is 9.07. The fraction of sp³-hybridized carbons (Fsp3) is 0.267. The van der Waals surface area contributed by atoms with Gasteiger partial charge in [0, 0.05) is 48.4 Å². The smallest absolute Gasteiger partial charge is 0.233 e. The molecule has 0 spiro atoms. The summed E-state index contributed by atoms with van der Waals surface area (Å²) in [6.45, 7) is 4.44. The van der Waals surface area contributed by atoms with Crippen molar-refractivity contribution in [2.75, 3.05) is 68.6 Å². The summed E-state index contributed by atoms with van der Waals surface area (Å²) in [5.74, 6) is -0.892. The number of morpholine rings is 1. The molecular weight excluding hydrogens is 581 g/mol. The Morgan fingerprint density at radius 1 is 1.12 bits per heavy atom. The monoisotopic (exact) mass is 611 g/mol. The van der Waals surface area contributed by atoms with E-state index in [9.17, 15) is 4.79 Å². The number of carbonyl (C=O) groups excluding carboxylic acids is 1. The second-order valence-electron chi connectivity index (χ2n) is 9.48. The molecule has 1 fully saturated rings. The molecule has 0 aliphatic carbocycles. The summed E-state index contributed by atoms with van der Waals surface area (Å²) in [7, 11) is 4.41. The summed E-state index contributed by atoms with van der Waals surface area (Å²) in [5, 5.41) is 6.88. The number of rotatable bonds is 11. The molecule has 0 unspecified atom stereocenters. The largest absolute Gasteiger partial charge is 0.496 e. The highest BCUT2D eigenvalue weighted by atomic mass is 35.5. The van der Waals surface area contributed by atoms with Gasteiger partial charge in [-0.05, 0) is 31.2 Å². The topological polar surface area (TPSA) is 119 Å². The number of hydrogen-bond acceptors (Lipinski definition) is 11. The number of carbonyl (C=O) groups is 1. The molecule has 2 aromatic heterocycles. The van der Waals surface area contributed by atoms with Crippen LogP contribution < -0.4 is 30.5 Å². The molecule has 1 aliphatic rings. The second-order valence-corrected chi connectivity index (χ2v) is 9.73. The summed E-state index contributed by atoms with van der Waals surface area (Å²) in [4.78, 5) is 25.7. The number of ether oxygens (including phenoxy) is 3. The molecule has 4 aromatic rings. The van der Waals surface area contributed by atoms with Crippen LogP contribution in [0.25, 0.3) is 11.0 Å². The number of benzene rings is 2. The minimum absolute atomic E-state index is 0.0766. The van der Waals surface area contributed by atoms with Gasteiger partial charge in [0.2, 0.25) is 5.78 Å². The van der Waals surface area contributed by atoms with E-state index in [-0.39, 0.29) is 17.1 Å². The van der Waals surface area contributed by atoms with E-state index in [1.807, 2.05) is 18.2 Å². The van der Waals surface area contributed by atoms with E-state index in [4.69, 9.17) is 35.1 Å². The van der Waals surface area contributed by atoms with Crippen LogP contribution in [-0.4, -0.2) is 58.3 Å². The van der Waals surface area contributed by atoms with Crippen LogP contribution in [0, 0.1) is 12.7 Å². The molecule has 0 radical (unpaired) electrons. The number of nitrogens with zero attached hydrogens (tertiary/aromatic N) is 2. The third-order valence-electron chi connectivity index (χ3n) is 7.07. The molecule has 43 heavy (non-hydrogen) atoms. The number of fused-ring (bicyclic) bond motifs is 1. The van der Waals surface area contributed by atoms with Crippen molar-refractivity contribution in [1.82, 2.24) is 4.98 Å². The first-order valence-corrected chi connectivity index (χ1v) is 13.8. The van der Waals surface area contributed by atoms with Gasteiger partial charge in [0.15, 0.2) is 22.9 Å². The zero-order chi connectivity index (χ0) is 30.5. The second kappa shape index (κ2) is 13.1. The number of pyridine rings is 1. The van der Waals surface area contributed by atoms with Crippen LogP contribution in [0.3, 0.4) is 0 Å². The van der Waals surface area contributed by atoms with E-state index in [0.717, 1.165) is 18.8 Å². The molecule has 0 amide bonds. The van der Waals surface area contributed by atoms with Crippen molar-refractivity contribution in [3.8, 4) is 11.5 Å². The van der Waals surface area contributed by atoms with Gasteiger partial charge in [0.05, 0.1) is 56.3 Å². The van der Waals surface area contributed by atoms with Crippen molar-refractivity contribution >= 4 is 56.9 Å². The van der Waals surface area contributed by atoms with Gasteiger partial charge in [-0.2, -0.15) is 0 Å². The van der Waals surface area contributed by atoms with E-state index in [0.29, 0.717) is 58.4 Å². The van der Waals surface area contributed by atoms with E-state index in [2.05, 4.69) is 26.0 Å². The van der Waals surface area contributed by atoms with E-state index < -0.39 is 11.6 Å². The van der Waals surface area contributed by atoms with Gasteiger partial charge in [-0.25, -0.2) is 14.9 Å². The number of aromatic nitrogens is 1. The SMILES string of the molecule is CNc1c(C(=O)c2c(C)c(OC)cc(OC)c2F)oc2cnc(Nc3ccc(N4CCOCC4)cc3NO/C=C\Cl)cc12. The zero-order valence-corrected chi connectivity index (χ0v) is 24.8. The quantitative estimate of drug-likeness (QED) is 0.102. The molecule has 1 saturated heterocycles. The van der Waals surface area contributed by atoms with Gasteiger partial charge in [-0.3, -0.25) is 4.79 Å². The minimum atomic E-state index is -0.805. The average molecular weight is 612 g/mol. The molecule has 3 heterocycles. The predicted octanol–water partition coefficient (Wildman–Crippen LogP) is 6.20. The molecule has 1 aliphatic heterocycles. The number of halogens is 2. The normalized spacial score (nSPS) is 13.3. The predicted molar refractivity (Wildman–Crippen MR) is 164 cm³/mol. The van der Waals surface area contributed by atoms with Gasteiger partial charge in [0.25, 0.3) is 0 Å². The maximum absolute atomic E-state index is 15.4. The maximum atomic E-state index is 15.4. The van der Waals surface area contributed by atoms with Gasteiger partial charge in [0.1, 0.15) is 17.8 Å². The average Bonchev–Trinajstić information content (AvgIpc) is 3.40. The molecule has 2 aromatic carbocycles. The van der Waals surface area contributed by atoms with Crippen molar-refractivity contribution in [3.63, 3.8) is 0 Å². The summed E-state index contributed by atoms with van der Waals surface area (Å²) in [6, 6.07) is 8.96. The Bertz CT molecular complexity index is 1640. The Morgan fingerprint density at radius 2 is 1.88 bits per heavy atom. The lowest BCUT2D eigenvalue weighted by Crippen LogP contribution is -2.36. The molecule has 3 N–H and O–H groups in total. The highest BCUT2D eigenvalue weighted by molar-refractivity contribution is 6.25. The Labute approximate surface area is 252 Å². The lowest BCUT2D eigenvalue weighted by Gasteiger charge is -2.29. The van der Waals surface area contributed by atoms with Crippen molar-refractivity contribution in [2.24, 2.45) is 0 Å². The van der Waals surface area contributed by atoms with E-state index >= 15 is 4.39 Å². The zero-order valence-electron chi connectivity index (χ0n) is 24.0. The summed E-state index contributed by atoms with van der Waals surface area (Å²) < 4.78 is 37.2. The number of anilines is 5. The van der Waals surface area contributed by atoms with Crippen LogP contribution >= 0.6 is 11.6 Å². The van der Waals surface area contributed by atoms with Crippen LogP contribution in [-0.2, 0) is 9.57 Å². The van der Waals surface area contributed by atoms with E-state index in [1.165, 1.54) is 38.3 Å². The van der Waals surface area contributed by atoms with Crippen LogP contribution in [0.5, 0.6) is 11.5 Å². The van der Waals surface area contributed by atoms with Crippen LogP contribution in [0.4, 0.5) is 33.0 Å². The lowest BCUT2D eigenvalue weighted by molar-refractivity contribution is 0.101. The molecule has 13 heteroatoms. The first-order chi connectivity index (χ1) is 20.9. The third-order valence-corrected chi connectivity index (χ3v) is 7.17. The van der Waals surface area contributed by atoms with Gasteiger partial charge >= 0.3 is 0 Å². The Balaban J connectivity index is 1.50.